The third-order valence-electron chi connectivity index (χ3n) is 4.18. The van der Waals surface area contributed by atoms with Crippen molar-refractivity contribution in [1.29, 1.82) is 0 Å². The number of aromatic nitrogens is 3. The van der Waals surface area contributed by atoms with Crippen molar-refractivity contribution in [3.05, 3.63) is 58.1 Å². The van der Waals surface area contributed by atoms with Crippen LogP contribution in [0.2, 0.25) is 0 Å². The maximum absolute atomic E-state index is 12.4. The summed E-state index contributed by atoms with van der Waals surface area (Å²) in [6.45, 7) is 6.19. The molecule has 0 spiro atoms. The van der Waals surface area contributed by atoms with Crippen LogP contribution in [0.4, 0.5) is 5.69 Å². The Morgan fingerprint density at radius 3 is 2.75 bits per heavy atom. The summed E-state index contributed by atoms with van der Waals surface area (Å²) in [5, 5.41) is 11.8. The van der Waals surface area contributed by atoms with Crippen molar-refractivity contribution in [2.75, 3.05) is 16.9 Å². The fraction of sp³-hybridized carbons (Fsp3) is 0.250. The normalized spacial score (nSPS) is 11.0. The zero-order chi connectivity index (χ0) is 20.3. The average Bonchev–Trinajstić information content (AvgIpc) is 3.02. The molecule has 0 aliphatic rings. The van der Waals surface area contributed by atoms with Gasteiger partial charge in [-0.1, -0.05) is 65.3 Å². The third kappa shape index (κ3) is 4.74. The summed E-state index contributed by atoms with van der Waals surface area (Å²) in [5.41, 5.74) is 3.90. The van der Waals surface area contributed by atoms with Crippen LogP contribution in [-0.2, 0) is 4.79 Å². The van der Waals surface area contributed by atoms with Gasteiger partial charge in [0.05, 0.1) is 5.75 Å². The zero-order valence-corrected chi connectivity index (χ0v) is 18.3. The van der Waals surface area contributed by atoms with Crippen LogP contribution in [0.3, 0.4) is 0 Å². The number of hydrogen-bond donors (Lipinski definition) is 2. The Hall–Kier alpha value is -2.32. The lowest BCUT2D eigenvalue weighted by Gasteiger charge is -2.14. The Balaban J connectivity index is 1.68. The minimum atomic E-state index is -0.116. The van der Waals surface area contributed by atoms with E-state index in [1.807, 2.05) is 49.4 Å². The van der Waals surface area contributed by atoms with Crippen molar-refractivity contribution < 1.29 is 4.79 Å². The van der Waals surface area contributed by atoms with Crippen LogP contribution in [0.15, 0.2) is 52.1 Å². The second-order valence-corrected chi connectivity index (χ2v) is 8.63. The highest BCUT2D eigenvalue weighted by atomic mass is 79.9. The van der Waals surface area contributed by atoms with E-state index < -0.39 is 0 Å². The lowest BCUT2D eigenvalue weighted by molar-refractivity contribution is -0.113. The minimum Gasteiger partial charge on any atom is -0.335 e. The molecule has 0 saturated carbocycles. The number of carbonyl (C=O) groups is 1. The van der Waals surface area contributed by atoms with E-state index in [2.05, 4.69) is 45.3 Å². The van der Waals surface area contributed by atoms with Gasteiger partial charge in [-0.2, -0.15) is 0 Å². The number of nitrogens with one attached hydrogen (secondary N) is 1. The molecule has 0 unspecified atom stereocenters. The molecule has 0 aliphatic heterocycles. The number of amides is 1. The van der Waals surface area contributed by atoms with Crippen molar-refractivity contribution in [3.63, 3.8) is 0 Å². The predicted octanol–water partition coefficient (Wildman–Crippen LogP) is 4.58. The van der Waals surface area contributed by atoms with E-state index in [4.69, 9.17) is 5.84 Å². The number of anilines is 1. The van der Waals surface area contributed by atoms with E-state index in [0.717, 1.165) is 26.9 Å². The van der Waals surface area contributed by atoms with Crippen LogP contribution in [0, 0.1) is 6.92 Å². The fourth-order valence-electron chi connectivity index (χ4n) is 2.80. The molecule has 3 rings (SSSR count). The number of halogens is 1. The highest BCUT2D eigenvalue weighted by molar-refractivity contribution is 9.10. The van der Waals surface area contributed by atoms with Crippen molar-refractivity contribution in [2.45, 2.75) is 31.8 Å². The van der Waals surface area contributed by atoms with Crippen LogP contribution in [0.5, 0.6) is 0 Å². The number of nitrogen functional groups attached to an aromatic ring is 1. The van der Waals surface area contributed by atoms with Gasteiger partial charge in [-0.05, 0) is 42.7 Å². The number of thioether (sulfide) groups is 1. The van der Waals surface area contributed by atoms with Gasteiger partial charge < -0.3 is 11.2 Å². The van der Waals surface area contributed by atoms with Crippen LogP contribution >= 0.6 is 27.7 Å². The Bertz CT molecular complexity index is 1000. The van der Waals surface area contributed by atoms with Gasteiger partial charge in [0.25, 0.3) is 0 Å². The number of benzene rings is 2. The summed E-state index contributed by atoms with van der Waals surface area (Å²) in [5.74, 6) is 7.08. The smallest absolute Gasteiger partial charge is 0.234 e. The number of rotatable bonds is 6. The lowest BCUT2D eigenvalue weighted by atomic mass is 10.0. The first-order valence-corrected chi connectivity index (χ1v) is 10.6. The van der Waals surface area contributed by atoms with E-state index in [9.17, 15) is 4.79 Å². The van der Waals surface area contributed by atoms with Gasteiger partial charge in [0.15, 0.2) is 5.82 Å². The first-order valence-electron chi connectivity index (χ1n) is 8.84. The molecule has 3 N–H and O–H groups in total. The molecule has 1 amide bonds. The topological polar surface area (TPSA) is 85.8 Å². The zero-order valence-electron chi connectivity index (χ0n) is 15.9. The summed E-state index contributed by atoms with van der Waals surface area (Å²) < 4.78 is 2.41. The molecule has 6 nitrogen and oxygen atoms in total. The quantitative estimate of drug-likeness (QED) is 0.415. The molecule has 28 heavy (non-hydrogen) atoms. The standard InChI is InChI=1S/C20H22BrN5OS/c1-12(2)16-10-15(21)7-8-17(16)23-18(27)11-28-20-25-24-19(26(20)22)14-6-4-5-13(3)9-14/h4-10,12H,11,22H2,1-3H3,(H,23,27). The third-order valence-corrected chi connectivity index (χ3v) is 5.62. The minimum absolute atomic E-state index is 0.116. The number of carbonyl (C=O) groups excluding carboxylic acids is 1. The van der Waals surface area contributed by atoms with Gasteiger partial charge in [-0.15, -0.1) is 10.2 Å². The summed E-state index contributed by atoms with van der Waals surface area (Å²) in [6.07, 6.45) is 0. The molecule has 0 saturated heterocycles. The maximum Gasteiger partial charge on any atom is 0.234 e. The first kappa shape index (κ1) is 20.4. The molecule has 0 fully saturated rings. The van der Waals surface area contributed by atoms with Crippen LogP contribution < -0.4 is 11.2 Å². The molecular weight excluding hydrogens is 438 g/mol. The number of nitrogens with two attached hydrogens (primary N) is 1. The van der Waals surface area contributed by atoms with Crippen molar-refractivity contribution in [3.8, 4) is 11.4 Å². The Labute approximate surface area is 177 Å². The summed E-state index contributed by atoms with van der Waals surface area (Å²) >= 11 is 4.73. The molecule has 1 heterocycles. The first-order chi connectivity index (χ1) is 13.3. The van der Waals surface area contributed by atoms with Crippen LogP contribution in [0.1, 0.15) is 30.9 Å². The van der Waals surface area contributed by atoms with Gasteiger partial charge >= 0.3 is 0 Å². The average molecular weight is 460 g/mol. The molecule has 8 heteroatoms. The summed E-state index contributed by atoms with van der Waals surface area (Å²) in [6, 6.07) is 13.7. The molecule has 2 aromatic carbocycles. The molecule has 0 atom stereocenters. The second kappa shape index (κ2) is 8.79. The molecule has 146 valence electrons. The summed E-state index contributed by atoms with van der Waals surface area (Å²) in [4.78, 5) is 12.4. The Kier molecular flexibility index (Phi) is 6.41. The highest BCUT2D eigenvalue weighted by Crippen LogP contribution is 2.28. The summed E-state index contributed by atoms with van der Waals surface area (Å²) in [7, 11) is 0. The predicted molar refractivity (Wildman–Crippen MR) is 118 cm³/mol. The van der Waals surface area contributed by atoms with E-state index >= 15 is 0 Å². The highest BCUT2D eigenvalue weighted by Gasteiger charge is 2.15. The van der Waals surface area contributed by atoms with E-state index in [0.29, 0.717) is 16.9 Å². The van der Waals surface area contributed by atoms with E-state index in [1.165, 1.54) is 16.4 Å². The Morgan fingerprint density at radius 1 is 1.25 bits per heavy atom. The molecule has 0 radical (unpaired) electrons. The molecular formula is C20H22BrN5OS. The monoisotopic (exact) mass is 459 g/mol. The molecule has 3 aromatic rings. The van der Waals surface area contributed by atoms with Gasteiger partial charge in [-0.3, -0.25) is 4.79 Å². The number of hydrogen-bond acceptors (Lipinski definition) is 5. The number of nitrogens with zero attached hydrogens (tertiary/aromatic N) is 3. The van der Waals surface area contributed by atoms with Crippen LogP contribution in [-0.4, -0.2) is 26.5 Å². The lowest BCUT2D eigenvalue weighted by Crippen LogP contribution is -2.17. The molecule has 1 aromatic heterocycles. The van der Waals surface area contributed by atoms with Gasteiger partial charge in [0.1, 0.15) is 0 Å². The molecule has 0 aliphatic carbocycles. The van der Waals surface area contributed by atoms with Crippen molar-refractivity contribution >= 4 is 39.3 Å². The largest absolute Gasteiger partial charge is 0.335 e. The maximum atomic E-state index is 12.4. The van der Waals surface area contributed by atoms with E-state index in [-0.39, 0.29) is 11.7 Å². The van der Waals surface area contributed by atoms with Gasteiger partial charge in [0.2, 0.25) is 11.1 Å². The van der Waals surface area contributed by atoms with E-state index in [1.54, 1.807) is 0 Å². The second-order valence-electron chi connectivity index (χ2n) is 6.77. The molecule has 0 bridgehead atoms. The number of aryl methyl sites for hydroxylation is 1. The van der Waals surface area contributed by atoms with Gasteiger partial charge in [-0.25, -0.2) is 4.68 Å². The SMILES string of the molecule is Cc1cccc(-c2nnc(SCC(=O)Nc3ccc(Br)cc3C(C)C)n2N)c1. The van der Waals surface area contributed by atoms with Crippen molar-refractivity contribution in [2.24, 2.45) is 0 Å². The van der Waals surface area contributed by atoms with Gasteiger partial charge in [0, 0.05) is 15.7 Å². The van der Waals surface area contributed by atoms with Crippen molar-refractivity contribution in [1.82, 2.24) is 14.9 Å². The van der Waals surface area contributed by atoms with Crippen LogP contribution in [0.25, 0.3) is 11.4 Å². The Morgan fingerprint density at radius 2 is 2.04 bits per heavy atom. The fourth-order valence-corrected chi connectivity index (χ4v) is 3.83.